The molecule has 0 saturated heterocycles. The van der Waals surface area contributed by atoms with Crippen molar-refractivity contribution < 1.29 is 0 Å². The Morgan fingerprint density at radius 3 is 2.82 bits per heavy atom. The van der Waals surface area contributed by atoms with Gasteiger partial charge in [-0.05, 0) is 75.0 Å². The van der Waals surface area contributed by atoms with E-state index < -0.39 is 0 Å². The van der Waals surface area contributed by atoms with Crippen LogP contribution in [0.4, 0.5) is 0 Å². The average molecular weight is 380 g/mol. The number of aliphatic imine (C=N–C) groups is 1. The van der Waals surface area contributed by atoms with Gasteiger partial charge in [0.1, 0.15) is 0 Å². The van der Waals surface area contributed by atoms with Crippen LogP contribution in [0.2, 0.25) is 0 Å². The van der Waals surface area contributed by atoms with Gasteiger partial charge in [-0.2, -0.15) is 5.10 Å². The monoisotopic (exact) mass is 379 g/mol. The summed E-state index contributed by atoms with van der Waals surface area (Å²) in [6.45, 7) is 10.4. The Kier molecular flexibility index (Phi) is 5.17. The van der Waals surface area contributed by atoms with Gasteiger partial charge in [-0.3, -0.25) is 9.67 Å². The van der Waals surface area contributed by atoms with Crippen LogP contribution in [0.3, 0.4) is 0 Å². The molecule has 0 bridgehead atoms. The molecule has 5 heteroatoms. The van der Waals surface area contributed by atoms with Crippen LogP contribution in [0.1, 0.15) is 47.8 Å². The summed E-state index contributed by atoms with van der Waals surface area (Å²) in [4.78, 5) is 4.94. The molecule has 1 aromatic carbocycles. The number of nitrogens with one attached hydrogen (secondary N) is 2. The summed E-state index contributed by atoms with van der Waals surface area (Å²) in [5, 5.41) is 11.6. The van der Waals surface area contributed by atoms with Gasteiger partial charge in [-0.25, -0.2) is 0 Å². The summed E-state index contributed by atoms with van der Waals surface area (Å²) in [5.41, 5.74) is 6.84. The maximum Gasteiger partial charge on any atom is 0.191 e. The Labute approximate surface area is 168 Å². The van der Waals surface area contributed by atoms with Crippen LogP contribution in [0, 0.1) is 25.7 Å². The Hall–Kier alpha value is -2.30. The van der Waals surface area contributed by atoms with Gasteiger partial charge in [-0.15, -0.1) is 0 Å². The molecule has 1 saturated carbocycles. The van der Waals surface area contributed by atoms with Crippen LogP contribution in [-0.4, -0.2) is 34.9 Å². The predicted molar refractivity (Wildman–Crippen MR) is 115 cm³/mol. The normalized spacial score (nSPS) is 23.9. The van der Waals surface area contributed by atoms with Crippen molar-refractivity contribution in [2.24, 2.45) is 23.9 Å². The summed E-state index contributed by atoms with van der Waals surface area (Å²) in [5.74, 6) is 3.19. The van der Waals surface area contributed by atoms with E-state index in [1.54, 1.807) is 11.1 Å². The lowest BCUT2D eigenvalue weighted by molar-refractivity contribution is 0.629. The molecule has 1 aromatic heterocycles. The van der Waals surface area contributed by atoms with Gasteiger partial charge < -0.3 is 10.6 Å². The van der Waals surface area contributed by atoms with Crippen LogP contribution >= 0.6 is 0 Å². The first-order valence-corrected chi connectivity index (χ1v) is 10.6. The molecular weight excluding hydrogens is 346 g/mol. The quantitative estimate of drug-likeness (QED) is 0.599. The second-order valence-corrected chi connectivity index (χ2v) is 8.50. The average Bonchev–Trinajstić information content (AvgIpc) is 3.11. The van der Waals surface area contributed by atoms with Gasteiger partial charge in [0.15, 0.2) is 5.96 Å². The molecule has 1 heterocycles. The Balaban J connectivity index is 1.37. The van der Waals surface area contributed by atoms with Gasteiger partial charge in [-0.1, -0.05) is 24.3 Å². The maximum atomic E-state index is 4.94. The highest BCUT2D eigenvalue weighted by Crippen LogP contribution is 2.61. The van der Waals surface area contributed by atoms with Gasteiger partial charge in [0.2, 0.25) is 0 Å². The largest absolute Gasteiger partial charge is 0.357 e. The third-order valence-electron chi connectivity index (χ3n) is 6.56. The van der Waals surface area contributed by atoms with E-state index in [-0.39, 0.29) is 0 Å². The fourth-order valence-electron chi connectivity index (χ4n) is 4.95. The number of benzene rings is 1. The van der Waals surface area contributed by atoms with Gasteiger partial charge in [0.25, 0.3) is 0 Å². The van der Waals surface area contributed by atoms with Crippen LogP contribution in [0.15, 0.2) is 29.3 Å². The zero-order valence-corrected chi connectivity index (χ0v) is 17.8. The highest BCUT2D eigenvalue weighted by molar-refractivity contribution is 5.80. The van der Waals surface area contributed by atoms with Crippen molar-refractivity contribution >= 4 is 5.96 Å². The molecule has 2 aliphatic carbocycles. The highest BCUT2D eigenvalue weighted by atomic mass is 15.3. The van der Waals surface area contributed by atoms with E-state index in [0.717, 1.165) is 43.0 Å². The van der Waals surface area contributed by atoms with Crippen molar-refractivity contribution in [3.8, 4) is 0 Å². The van der Waals surface area contributed by atoms with Crippen molar-refractivity contribution in [1.29, 1.82) is 0 Å². The molecule has 2 N–H and O–H groups in total. The van der Waals surface area contributed by atoms with E-state index in [1.165, 1.54) is 17.7 Å². The molecular formula is C23H33N5. The summed E-state index contributed by atoms with van der Waals surface area (Å²) in [7, 11) is 2.01. The first-order valence-electron chi connectivity index (χ1n) is 10.6. The molecule has 2 aromatic rings. The SMILES string of the molecule is CCNC(=NCC1C2Cc3ccccc3C12)NC(C)Cc1c(C)nn(C)c1C. The Bertz CT molecular complexity index is 881. The summed E-state index contributed by atoms with van der Waals surface area (Å²) in [6.07, 6.45) is 2.19. The zero-order chi connectivity index (χ0) is 19.8. The minimum atomic E-state index is 0.304. The molecule has 0 spiro atoms. The molecule has 4 atom stereocenters. The zero-order valence-electron chi connectivity index (χ0n) is 17.8. The molecule has 0 radical (unpaired) electrons. The van der Waals surface area contributed by atoms with Crippen LogP contribution in [0.5, 0.6) is 0 Å². The third kappa shape index (κ3) is 3.54. The molecule has 150 valence electrons. The first-order chi connectivity index (χ1) is 13.5. The number of rotatable bonds is 6. The lowest BCUT2D eigenvalue weighted by Crippen LogP contribution is -2.43. The lowest BCUT2D eigenvalue weighted by atomic mass is 10.0. The molecule has 28 heavy (non-hydrogen) atoms. The number of fused-ring (bicyclic) bond motifs is 3. The van der Waals surface area contributed by atoms with Gasteiger partial charge >= 0.3 is 0 Å². The maximum absolute atomic E-state index is 4.94. The van der Waals surface area contributed by atoms with Crippen LogP contribution in [-0.2, 0) is 19.9 Å². The molecule has 4 unspecified atom stereocenters. The molecule has 0 aliphatic heterocycles. The van der Waals surface area contributed by atoms with Crippen LogP contribution < -0.4 is 10.6 Å². The molecule has 4 rings (SSSR count). The summed E-state index contributed by atoms with van der Waals surface area (Å²) < 4.78 is 1.97. The number of aromatic nitrogens is 2. The van der Waals surface area contributed by atoms with E-state index in [1.807, 2.05) is 11.7 Å². The molecule has 2 aliphatic rings. The van der Waals surface area contributed by atoms with Crippen molar-refractivity contribution in [2.45, 2.75) is 52.5 Å². The number of hydrogen-bond acceptors (Lipinski definition) is 2. The van der Waals surface area contributed by atoms with Gasteiger partial charge in [0.05, 0.1) is 5.69 Å². The summed E-state index contributed by atoms with van der Waals surface area (Å²) in [6, 6.07) is 9.25. The molecule has 0 amide bonds. The van der Waals surface area contributed by atoms with E-state index >= 15 is 0 Å². The Morgan fingerprint density at radius 1 is 1.32 bits per heavy atom. The van der Waals surface area contributed by atoms with Crippen LogP contribution in [0.25, 0.3) is 0 Å². The van der Waals surface area contributed by atoms with E-state index in [0.29, 0.717) is 12.0 Å². The van der Waals surface area contributed by atoms with Crippen molar-refractivity contribution in [3.05, 3.63) is 52.3 Å². The second kappa shape index (κ2) is 7.61. The smallest absolute Gasteiger partial charge is 0.191 e. The minimum absolute atomic E-state index is 0.304. The van der Waals surface area contributed by atoms with Crippen molar-refractivity contribution in [3.63, 3.8) is 0 Å². The second-order valence-electron chi connectivity index (χ2n) is 8.50. The van der Waals surface area contributed by atoms with E-state index in [9.17, 15) is 0 Å². The van der Waals surface area contributed by atoms with Crippen molar-refractivity contribution in [2.75, 3.05) is 13.1 Å². The Morgan fingerprint density at radius 2 is 2.11 bits per heavy atom. The van der Waals surface area contributed by atoms with E-state index in [4.69, 9.17) is 4.99 Å². The number of aryl methyl sites for hydroxylation is 2. The number of hydrogen-bond donors (Lipinski definition) is 2. The molecule has 1 fully saturated rings. The van der Waals surface area contributed by atoms with E-state index in [2.05, 4.69) is 67.7 Å². The molecule has 5 nitrogen and oxygen atoms in total. The predicted octanol–water partition coefficient (Wildman–Crippen LogP) is 3.11. The standard InChI is InChI=1S/C23H33N5/c1-6-24-23(26-14(2)11-19-15(3)27-28(5)16(19)4)25-13-21-20-12-17-9-7-8-10-18(17)22(20)21/h7-10,14,20-22H,6,11-13H2,1-5H3,(H2,24,25,26). The highest BCUT2D eigenvalue weighted by Gasteiger charge is 2.54. The fraction of sp³-hybridized carbons (Fsp3) is 0.565. The third-order valence-corrected chi connectivity index (χ3v) is 6.56. The minimum Gasteiger partial charge on any atom is -0.357 e. The van der Waals surface area contributed by atoms with Gasteiger partial charge in [0, 0.05) is 31.9 Å². The fourth-order valence-corrected chi connectivity index (χ4v) is 4.95. The number of guanidine groups is 1. The summed E-state index contributed by atoms with van der Waals surface area (Å²) >= 11 is 0. The lowest BCUT2D eigenvalue weighted by Gasteiger charge is -2.18. The number of nitrogens with zero attached hydrogens (tertiary/aromatic N) is 3. The first kappa shape index (κ1) is 19.0. The van der Waals surface area contributed by atoms with Crippen molar-refractivity contribution in [1.82, 2.24) is 20.4 Å². The topological polar surface area (TPSA) is 54.2 Å².